The summed E-state index contributed by atoms with van der Waals surface area (Å²) < 4.78 is 10.4. The molecule has 0 radical (unpaired) electrons. The standard InChI is InChI=1S/C28H27N3O5/c1-19-7-11-21(12-8-19)26(28(34)29-17-23-5-3-15-35-23)31(22-13-9-20(2)10-14-22)25(32)18-30-27(33)24-6-4-16-36-24/h3-16,26H,17-18H2,1-2H3,(H,29,34)(H,30,33)/t26-/m0/s1. The first-order chi connectivity index (χ1) is 17.4. The van der Waals surface area contributed by atoms with Gasteiger partial charge in [-0.2, -0.15) is 0 Å². The Morgan fingerprint density at radius 1 is 0.806 bits per heavy atom. The van der Waals surface area contributed by atoms with Crippen LogP contribution in [0.4, 0.5) is 5.69 Å². The molecule has 2 aromatic carbocycles. The predicted octanol–water partition coefficient (Wildman–Crippen LogP) is 4.31. The van der Waals surface area contributed by atoms with Crippen LogP contribution in [0.15, 0.2) is 94.2 Å². The highest BCUT2D eigenvalue weighted by molar-refractivity contribution is 6.04. The summed E-state index contributed by atoms with van der Waals surface area (Å²) in [7, 11) is 0. The summed E-state index contributed by atoms with van der Waals surface area (Å²) in [5.41, 5.74) is 3.18. The van der Waals surface area contributed by atoms with Crippen molar-refractivity contribution in [3.8, 4) is 0 Å². The van der Waals surface area contributed by atoms with Crippen molar-refractivity contribution >= 4 is 23.4 Å². The minimum Gasteiger partial charge on any atom is -0.467 e. The Morgan fingerprint density at radius 2 is 1.44 bits per heavy atom. The summed E-state index contributed by atoms with van der Waals surface area (Å²) in [6.07, 6.45) is 2.91. The molecule has 8 nitrogen and oxygen atoms in total. The van der Waals surface area contributed by atoms with E-state index in [-0.39, 0.29) is 24.8 Å². The highest BCUT2D eigenvalue weighted by Gasteiger charge is 2.33. The summed E-state index contributed by atoms with van der Waals surface area (Å²) in [5.74, 6) is -0.689. The van der Waals surface area contributed by atoms with Crippen LogP contribution in [-0.2, 0) is 16.1 Å². The maximum absolute atomic E-state index is 13.6. The number of furan rings is 2. The first-order valence-electron chi connectivity index (χ1n) is 11.5. The lowest BCUT2D eigenvalue weighted by Crippen LogP contribution is -2.47. The molecule has 0 fully saturated rings. The second-order valence-electron chi connectivity index (χ2n) is 8.37. The van der Waals surface area contributed by atoms with E-state index in [1.807, 2.05) is 50.2 Å². The molecule has 2 aromatic heterocycles. The number of benzene rings is 2. The van der Waals surface area contributed by atoms with Gasteiger partial charge in [-0.25, -0.2) is 0 Å². The van der Waals surface area contributed by atoms with Crippen molar-refractivity contribution in [1.29, 1.82) is 0 Å². The van der Waals surface area contributed by atoms with Gasteiger partial charge in [0, 0.05) is 5.69 Å². The van der Waals surface area contributed by atoms with Crippen LogP contribution in [0.2, 0.25) is 0 Å². The third kappa shape index (κ3) is 5.90. The lowest BCUT2D eigenvalue weighted by atomic mass is 10.0. The third-order valence-corrected chi connectivity index (χ3v) is 5.64. The Labute approximate surface area is 208 Å². The molecular weight excluding hydrogens is 458 g/mol. The summed E-state index contributed by atoms with van der Waals surface area (Å²) in [4.78, 5) is 41.0. The number of nitrogens with zero attached hydrogens (tertiary/aromatic N) is 1. The van der Waals surface area contributed by atoms with Crippen molar-refractivity contribution in [3.63, 3.8) is 0 Å². The van der Waals surface area contributed by atoms with Crippen LogP contribution in [0.25, 0.3) is 0 Å². The number of hydrogen-bond donors (Lipinski definition) is 2. The molecular formula is C28H27N3O5. The molecule has 0 aliphatic heterocycles. The van der Waals surface area contributed by atoms with Gasteiger partial charge in [-0.15, -0.1) is 0 Å². The lowest BCUT2D eigenvalue weighted by Gasteiger charge is -2.31. The molecule has 0 aliphatic rings. The Kier molecular flexibility index (Phi) is 7.65. The van der Waals surface area contributed by atoms with Gasteiger partial charge in [0.25, 0.3) is 5.91 Å². The van der Waals surface area contributed by atoms with Gasteiger partial charge >= 0.3 is 0 Å². The second-order valence-corrected chi connectivity index (χ2v) is 8.37. The molecule has 4 aromatic rings. The Bertz CT molecular complexity index is 1290. The SMILES string of the molecule is Cc1ccc([C@@H](C(=O)NCc2ccco2)N(C(=O)CNC(=O)c2ccco2)c2ccc(C)cc2)cc1. The van der Waals surface area contributed by atoms with Gasteiger partial charge in [0.2, 0.25) is 11.8 Å². The topological polar surface area (TPSA) is 105 Å². The molecule has 8 heteroatoms. The van der Waals surface area contributed by atoms with Crippen molar-refractivity contribution in [2.75, 3.05) is 11.4 Å². The van der Waals surface area contributed by atoms with Crippen molar-refractivity contribution in [2.45, 2.75) is 26.4 Å². The average molecular weight is 486 g/mol. The molecule has 36 heavy (non-hydrogen) atoms. The van der Waals surface area contributed by atoms with E-state index in [2.05, 4.69) is 10.6 Å². The van der Waals surface area contributed by atoms with E-state index in [9.17, 15) is 14.4 Å². The quantitative estimate of drug-likeness (QED) is 0.368. The van der Waals surface area contributed by atoms with Gasteiger partial charge in [0.05, 0.1) is 25.6 Å². The molecule has 2 N–H and O–H groups in total. The molecule has 1 atom stereocenters. The van der Waals surface area contributed by atoms with Gasteiger partial charge in [-0.05, 0) is 55.8 Å². The Morgan fingerprint density at radius 3 is 2.06 bits per heavy atom. The monoisotopic (exact) mass is 485 g/mol. The summed E-state index contributed by atoms with van der Waals surface area (Å²) in [5, 5.41) is 5.46. The van der Waals surface area contributed by atoms with Crippen molar-refractivity contribution in [2.24, 2.45) is 0 Å². The smallest absolute Gasteiger partial charge is 0.287 e. The maximum Gasteiger partial charge on any atom is 0.287 e. The summed E-state index contributed by atoms with van der Waals surface area (Å²) in [6, 6.07) is 20.3. The number of hydrogen-bond acceptors (Lipinski definition) is 5. The zero-order chi connectivity index (χ0) is 25.5. The van der Waals surface area contributed by atoms with Gasteiger partial charge < -0.3 is 19.5 Å². The number of carbonyl (C=O) groups is 3. The third-order valence-electron chi connectivity index (χ3n) is 5.64. The van der Waals surface area contributed by atoms with Crippen LogP contribution in [0.5, 0.6) is 0 Å². The second kappa shape index (κ2) is 11.2. The molecule has 0 aliphatic carbocycles. The van der Waals surface area contributed by atoms with Gasteiger partial charge in [-0.1, -0.05) is 47.5 Å². The zero-order valence-corrected chi connectivity index (χ0v) is 20.1. The zero-order valence-electron chi connectivity index (χ0n) is 20.1. The highest BCUT2D eigenvalue weighted by atomic mass is 16.3. The minimum absolute atomic E-state index is 0.0935. The van der Waals surface area contributed by atoms with Crippen LogP contribution in [0.3, 0.4) is 0 Å². The first-order valence-corrected chi connectivity index (χ1v) is 11.5. The first kappa shape index (κ1) is 24.5. The molecule has 0 saturated carbocycles. The van der Waals surface area contributed by atoms with E-state index >= 15 is 0 Å². The number of aryl methyl sites for hydroxylation is 2. The van der Waals surface area contributed by atoms with Crippen LogP contribution in [-0.4, -0.2) is 24.3 Å². The fourth-order valence-electron chi connectivity index (χ4n) is 3.73. The molecule has 184 valence electrons. The maximum atomic E-state index is 13.6. The fourth-order valence-corrected chi connectivity index (χ4v) is 3.73. The van der Waals surface area contributed by atoms with Crippen LogP contribution in [0.1, 0.15) is 39.0 Å². The van der Waals surface area contributed by atoms with Crippen LogP contribution >= 0.6 is 0 Å². The van der Waals surface area contributed by atoms with E-state index in [0.717, 1.165) is 11.1 Å². The number of amides is 3. The lowest BCUT2D eigenvalue weighted by molar-refractivity contribution is -0.126. The molecule has 0 bridgehead atoms. The normalized spacial score (nSPS) is 11.5. The average Bonchev–Trinajstić information content (AvgIpc) is 3.60. The molecule has 3 amide bonds. The molecule has 0 spiro atoms. The molecule has 0 saturated heterocycles. The van der Waals surface area contributed by atoms with Gasteiger partial charge in [0.1, 0.15) is 11.8 Å². The van der Waals surface area contributed by atoms with Crippen LogP contribution in [0, 0.1) is 13.8 Å². The Balaban J connectivity index is 1.67. The molecule has 2 heterocycles. The van der Waals surface area contributed by atoms with Crippen molar-refractivity contribution < 1.29 is 23.2 Å². The Hall–Kier alpha value is -4.59. The van der Waals surface area contributed by atoms with Crippen molar-refractivity contribution in [1.82, 2.24) is 10.6 Å². The predicted molar refractivity (Wildman–Crippen MR) is 134 cm³/mol. The number of carbonyl (C=O) groups excluding carboxylic acids is 3. The van der Waals surface area contributed by atoms with E-state index in [4.69, 9.17) is 8.83 Å². The number of rotatable bonds is 9. The van der Waals surface area contributed by atoms with Crippen molar-refractivity contribution in [3.05, 3.63) is 114 Å². The summed E-state index contributed by atoms with van der Waals surface area (Å²) in [6.45, 7) is 3.72. The van der Waals surface area contributed by atoms with Crippen LogP contribution < -0.4 is 15.5 Å². The largest absolute Gasteiger partial charge is 0.467 e. The van der Waals surface area contributed by atoms with Gasteiger partial charge in [0.15, 0.2) is 5.76 Å². The van der Waals surface area contributed by atoms with E-state index in [1.165, 1.54) is 23.5 Å². The fraction of sp³-hybridized carbons (Fsp3) is 0.179. The van der Waals surface area contributed by atoms with E-state index in [1.54, 1.807) is 30.3 Å². The molecule has 4 rings (SSSR count). The summed E-state index contributed by atoms with van der Waals surface area (Å²) >= 11 is 0. The van der Waals surface area contributed by atoms with E-state index in [0.29, 0.717) is 17.0 Å². The molecule has 0 unspecified atom stereocenters. The van der Waals surface area contributed by atoms with E-state index < -0.39 is 17.9 Å². The minimum atomic E-state index is -0.990. The number of nitrogens with one attached hydrogen (secondary N) is 2. The van der Waals surface area contributed by atoms with Gasteiger partial charge in [-0.3, -0.25) is 19.3 Å². The number of anilines is 1. The highest BCUT2D eigenvalue weighted by Crippen LogP contribution is 2.29.